The Morgan fingerprint density at radius 1 is 1.60 bits per heavy atom. The number of rotatable bonds is 2. The molecule has 2 unspecified atom stereocenters. The standard InChI is InChI=1S/C7H14FNO/c1-3-10-7-5-9(2)4-6(7)8/h6-7H,3-5H2,1-2H3. The predicted molar refractivity (Wildman–Crippen MR) is 37.8 cm³/mol. The van der Waals surface area contributed by atoms with Gasteiger partial charge in [0.15, 0.2) is 0 Å². The fourth-order valence-electron chi connectivity index (χ4n) is 1.28. The molecule has 60 valence electrons. The van der Waals surface area contributed by atoms with Crippen molar-refractivity contribution < 1.29 is 9.13 Å². The summed E-state index contributed by atoms with van der Waals surface area (Å²) < 4.78 is 18.0. The predicted octanol–water partition coefficient (Wildman–Crippen LogP) is 0.675. The van der Waals surface area contributed by atoms with Crippen LogP contribution in [0.5, 0.6) is 0 Å². The molecular weight excluding hydrogens is 133 g/mol. The van der Waals surface area contributed by atoms with Crippen LogP contribution in [-0.4, -0.2) is 43.9 Å². The van der Waals surface area contributed by atoms with E-state index in [0.29, 0.717) is 13.2 Å². The highest BCUT2D eigenvalue weighted by Gasteiger charge is 2.30. The van der Waals surface area contributed by atoms with Gasteiger partial charge in [-0.3, -0.25) is 0 Å². The van der Waals surface area contributed by atoms with Crippen LogP contribution in [-0.2, 0) is 4.74 Å². The molecule has 10 heavy (non-hydrogen) atoms. The van der Waals surface area contributed by atoms with Gasteiger partial charge in [-0.2, -0.15) is 0 Å². The van der Waals surface area contributed by atoms with Crippen LogP contribution in [0.25, 0.3) is 0 Å². The second-order valence-electron chi connectivity index (χ2n) is 2.73. The molecule has 0 N–H and O–H groups in total. The Labute approximate surface area is 61.0 Å². The van der Waals surface area contributed by atoms with Crippen molar-refractivity contribution in [2.45, 2.75) is 19.2 Å². The van der Waals surface area contributed by atoms with Gasteiger partial charge < -0.3 is 9.64 Å². The topological polar surface area (TPSA) is 12.5 Å². The highest BCUT2D eigenvalue weighted by molar-refractivity contribution is 4.82. The van der Waals surface area contributed by atoms with Crippen molar-refractivity contribution in [2.24, 2.45) is 0 Å². The van der Waals surface area contributed by atoms with Gasteiger partial charge in [-0.1, -0.05) is 0 Å². The van der Waals surface area contributed by atoms with Gasteiger partial charge in [0.2, 0.25) is 0 Å². The first-order valence-electron chi connectivity index (χ1n) is 3.68. The van der Waals surface area contributed by atoms with Crippen LogP contribution in [0.2, 0.25) is 0 Å². The van der Waals surface area contributed by atoms with Gasteiger partial charge in [0, 0.05) is 19.7 Å². The molecule has 0 bridgehead atoms. The summed E-state index contributed by atoms with van der Waals surface area (Å²) in [4.78, 5) is 1.95. The average molecular weight is 147 g/mol. The summed E-state index contributed by atoms with van der Waals surface area (Å²) >= 11 is 0. The van der Waals surface area contributed by atoms with E-state index in [1.165, 1.54) is 0 Å². The van der Waals surface area contributed by atoms with Gasteiger partial charge in [0.05, 0.1) is 0 Å². The fraction of sp³-hybridized carbons (Fsp3) is 1.00. The molecule has 1 aliphatic heterocycles. The van der Waals surface area contributed by atoms with Crippen LogP contribution in [0.15, 0.2) is 0 Å². The SMILES string of the molecule is CCOC1CN(C)CC1F. The smallest absolute Gasteiger partial charge is 0.140 e. The van der Waals surface area contributed by atoms with E-state index >= 15 is 0 Å². The van der Waals surface area contributed by atoms with Crippen LogP contribution in [0.3, 0.4) is 0 Å². The Morgan fingerprint density at radius 2 is 2.30 bits per heavy atom. The van der Waals surface area contributed by atoms with Crippen molar-refractivity contribution >= 4 is 0 Å². The zero-order chi connectivity index (χ0) is 7.56. The number of ether oxygens (including phenoxy) is 1. The molecule has 0 aromatic rings. The zero-order valence-electron chi connectivity index (χ0n) is 6.51. The summed E-state index contributed by atoms with van der Waals surface area (Å²) in [5.74, 6) is 0. The van der Waals surface area contributed by atoms with E-state index in [-0.39, 0.29) is 6.10 Å². The quantitative estimate of drug-likeness (QED) is 0.569. The van der Waals surface area contributed by atoms with Crippen LogP contribution >= 0.6 is 0 Å². The molecule has 0 aromatic carbocycles. The summed E-state index contributed by atoms with van der Waals surface area (Å²) in [6.45, 7) is 3.75. The molecule has 1 heterocycles. The number of likely N-dealkylation sites (N-methyl/N-ethyl adjacent to an activating group) is 1. The Balaban J connectivity index is 2.31. The molecule has 3 heteroatoms. The molecule has 0 spiro atoms. The van der Waals surface area contributed by atoms with Gasteiger partial charge >= 0.3 is 0 Å². The van der Waals surface area contributed by atoms with Gasteiger partial charge in [-0.25, -0.2) is 4.39 Å². The number of halogens is 1. The largest absolute Gasteiger partial charge is 0.374 e. The van der Waals surface area contributed by atoms with Crippen LogP contribution in [0, 0.1) is 0 Å². The third-order valence-electron chi connectivity index (χ3n) is 1.76. The molecule has 1 fully saturated rings. The summed E-state index contributed by atoms with van der Waals surface area (Å²) in [7, 11) is 1.91. The highest BCUT2D eigenvalue weighted by Crippen LogP contribution is 2.14. The van der Waals surface area contributed by atoms with E-state index in [0.717, 1.165) is 6.54 Å². The summed E-state index contributed by atoms with van der Waals surface area (Å²) in [6.07, 6.45) is -0.972. The maximum atomic E-state index is 12.9. The summed E-state index contributed by atoms with van der Waals surface area (Å²) in [6, 6.07) is 0. The Hall–Kier alpha value is -0.150. The van der Waals surface area contributed by atoms with Gasteiger partial charge in [0.25, 0.3) is 0 Å². The molecule has 0 amide bonds. The highest BCUT2D eigenvalue weighted by atomic mass is 19.1. The van der Waals surface area contributed by atoms with Crippen LogP contribution in [0.1, 0.15) is 6.92 Å². The van der Waals surface area contributed by atoms with E-state index < -0.39 is 6.17 Å². The normalized spacial score (nSPS) is 35.1. The minimum Gasteiger partial charge on any atom is -0.374 e. The van der Waals surface area contributed by atoms with Gasteiger partial charge in [-0.15, -0.1) is 0 Å². The monoisotopic (exact) mass is 147 g/mol. The number of nitrogens with zero attached hydrogens (tertiary/aromatic N) is 1. The second kappa shape index (κ2) is 3.30. The lowest BCUT2D eigenvalue weighted by atomic mass is 10.3. The lowest BCUT2D eigenvalue weighted by Crippen LogP contribution is -2.23. The van der Waals surface area contributed by atoms with Crippen molar-refractivity contribution in [3.05, 3.63) is 0 Å². The Morgan fingerprint density at radius 3 is 2.70 bits per heavy atom. The first kappa shape index (κ1) is 7.95. The number of alkyl halides is 1. The summed E-state index contributed by atoms with van der Waals surface area (Å²) in [5.41, 5.74) is 0. The molecule has 1 saturated heterocycles. The lowest BCUT2D eigenvalue weighted by molar-refractivity contribution is 0.0310. The molecule has 1 aliphatic rings. The molecule has 2 nitrogen and oxygen atoms in total. The minimum atomic E-state index is -0.787. The third-order valence-corrected chi connectivity index (χ3v) is 1.76. The fourth-order valence-corrected chi connectivity index (χ4v) is 1.28. The number of hydrogen-bond donors (Lipinski definition) is 0. The van der Waals surface area contributed by atoms with E-state index in [4.69, 9.17) is 4.74 Å². The van der Waals surface area contributed by atoms with Gasteiger partial charge in [0.1, 0.15) is 12.3 Å². The molecular formula is C7H14FNO. The first-order chi connectivity index (χ1) is 4.74. The van der Waals surface area contributed by atoms with Crippen LogP contribution < -0.4 is 0 Å². The number of likely N-dealkylation sites (tertiary alicyclic amines) is 1. The van der Waals surface area contributed by atoms with Crippen molar-refractivity contribution in [2.75, 3.05) is 26.7 Å². The van der Waals surface area contributed by atoms with E-state index in [9.17, 15) is 4.39 Å². The maximum Gasteiger partial charge on any atom is 0.140 e. The maximum absolute atomic E-state index is 12.9. The first-order valence-corrected chi connectivity index (χ1v) is 3.68. The summed E-state index contributed by atoms with van der Waals surface area (Å²) in [5, 5.41) is 0. The third kappa shape index (κ3) is 1.67. The van der Waals surface area contributed by atoms with E-state index in [1.807, 2.05) is 18.9 Å². The lowest BCUT2D eigenvalue weighted by Gasteiger charge is -2.10. The molecule has 0 saturated carbocycles. The van der Waals surface area contributed by atoms with Crippen molar-refractivity contribution in [1.82, 2.24) is 4.90 Å². The Bertz CT molecular complexity index is 110. The molecule has 0 radical (unpaired) electrons. The van der Waals surface area contributed by atoms with Crippen molar-refractivity contribution in [1.29, 1.82) is 0 Å². The molecule has 1 rings (SSSR count). The Kier molecular flexibility index (Phi) is 2.63. The zero-order valence-corrected chi connectivity index (χ0v) is 6.51. The molecule has 0 aliphatic carbocycles. The van der Waals surface area contributed by atoms with Gasteiger partial charge in [-0.05, 0) is 14.0 Å². The van der Waals surface area contributed by atoms with Crippen molar-refractivity contribution in [3.63, 3.8) is 0 Å². The van der Waals surface area contributed by atoms with E-state index in [2.05, 4.69) is 0 Å². The van der Waals surface area contributed by atoms with Crippen LogP contribution in [0.4, 0.5) is 4.39 Å². The molecule has 0 aromatic heterocycles. The number of hydrogen-bond acceptors (Lipinski definition) is 2. The van der Waals surface area contributed by atoms with Crippen molar-refractivity contribution in [3.8, 4) is 0 Å². The van der Waals surface area contributed by atoms with E-state index in [1.54, 1.807) is 0 Å². The second-order valence-corrected chi connectivity index (χ2v) is 2.73. The average Bonchev–Trinajstić information content (AvgIpc) is 2.13. The minimum absolute atomic E-state index is 0.185. The molecule has 2 atom stereocenters.